The molecule has 0 atom stereocenters. The highest BCUT2D eigenvalue weighted by Crippen LogP contribution is 2.28. The summed E-state index contributed by atoms with van der Waals surface area (Å²) >= 11 is 0. The highest BCUT2D eigenvalue weighted by atomic mass is 16.5. The molecule has 4 heteroatoms. The molecule has 0 amide bonds. The molecule has 1 aromatic heterocycles. The summed E-state index contributed by atoms with van der Waals surface area (Å²) in [4.78, 5) is 7.02. The number of aromatic hydroxyl groups is 1. The van der Waals surface area contributed by atoms with E-state index in [4.69, 9.17) is 4.74 Å². The van der Waals surface area contributed by atoms with Gasteiger partial charge in [-0.15, -0.1) is 6.58 Å². The number of hydrogen-bond acceptors (Lipinski definition) is 3. The van der Waals surface area contributed by atoms with Crippen molar-refractivity contribution in [2.24, 2.45) is 4.99 Å². The number of fused-ring (bicyclic) bond motifs is 1. The minimum Gasteiger partial charge on any atom is -0.497 e. The quantitative estimate of drug-likeness (QED) is 0.626. The Morgan fingerprint density at radius 3 is 3.06 bits per heavy atom. The number of aromatic amines is 1. The molecule has 2 rings (SSSR count). The van der Waals surface area contributed by atoms with Crippen LogP contribution in [0.3, 0.4) is 0 Å². The molecule has 0 saturated heterocycles. The van der Waals surface area contributed by atoms with Crippen molar-refractivity contribution in [3.63, 3.8) is 0 Å². The molecule has 0 saturated carbocycles. The van der Waals surface area contributed by atoms with Gasteiger partial charge in [0.1, 0.15) is 5.75 Å². The minimum absolute atomic E-state index is 0.112. The summed E-state index contributed by atoms with van der Waals surface area (Å²) < 4.78 is 5.16. The van der Waals surface area contributed by atoms with E-state index in [-0.39, 0.29) is 5.88 Å². The van der Waals surface area contributed by atoms with Crippen LogP contribution in [0.4, 0.5) is 0 Å². The Morgan fingerprint density at radius 2 is 2.35 bits per heavy atom. The van der Waals surface area contributed by atoms with Crippen molar-refractivity contribution in [1.82, 2.24) is 4.98 Å². The van der Waals surface area contributed by atoms with E-state index < -0.39 is 0 Å². The summed E-state index contributed by atoms with van der Waals surface area (Å²) in [5.41, 5.74) is 1.52. The zero-order chi connectivity index (χ0) is 12.3. The Hall–Kier alpha value is -2.23. The van der Waals surface area contributed by atoms with E-state index in [0.717, 1.165) is 16.7 Å². The van der Waals surface area contributed by atoms with Crippen LogP contribution in [0.15, 0.2) is 35.8 Å². The molecule has 0 unspecified atom stereocenters. The second-order valence-corrected chi connectivity index (χ2v) is 3.58. The number of ether oxygens (including phenoxy) is 1. The smallest absolute Gasteiger partial charge is 0.198 e. The van der Waals surface area contributed by atoms with Crippen molar-refractivity contribution in [2.45, 2.75) is 0 Å². The largest absolute Gasteiger partial charge is 0.497 e. The molecule has 1 aromatic carbocycles. The Labute approximate surface area is 99.3 Å². The third-order valence-corrected chi connectivity index (χ3v) is 2.48. The summed E-state index contributed by atoms with van der Waals surface area (Å²) in [6.07, 6.45) is 3.33. The number of aromatic nitrogens is 1. The van der Waals surface area contributed by atoms with Crippen molar-refractivity contribution in [2.75, 3.05) is 13.7 Å². The Bertz CT molecular complexity index is 570. The van der Waals surface area contributed by atoms with E-state index in [1.165, 1.54) is 0 Å². The fraction of sp³-hybridized carbons (Fsp3) is 0.154. The number of hydrogen-bond donors (Lipinski definition) is 2. The number of nitrogens with zero attached hydrogens (tertiary/aromatic N) is 1. The van der Waals surface area contributed by atoms with Gasteiger partial charge in [0.05, 0.1) is 19.2 Å². The van der Waals surface area contributed by atoms with Crippen molar-refractivity contribution in [1.29, 1.82) is 0 Å². The molecule has 2 N–H and O–H groups in total. The first-order valence-electron chi connectivity index (χ1n) is 5.25. The summed E-state index contributed by atoms with van der Waals surface area (Å²) in [6.45, 7) is 4.11. The van der Waals surface area contributed by atoms with Gasteiger partial charge in [-0.2, -0.15) is 0 Å². The highest BCUT2D eigenvalue weighted by molar-refractivity contribution is 6.02. The summed E-state index contributed by atoms with van der Waals surface area (Å²) in [7, 11) is 1.61. The van der Waals surface area contributed by atoms with E-state index in [1.807, 2.05) is 18.2 Å². The topological polar surface area (TPSA) is 57.6 Å². The van der Waals surface area contributed by atoms with Gasteiger partial charge < -0.3 is 14.8 Å². The molecule has 1 heterocycles. The molecule has 0 radical (unpaired) electrons. The minimum atomic E-state index is 0.112. The van der Waals surface area contributed by atoms with Crippen LogP contribution in [0.2, 0.25) is 0 Å². The van der Waals surface area contributed by atoms with Gasteiger partial charge in [-0.05, 0) is 18.2 Å². The maximum absolute atomic E-state index is 9.78. The lowest BCUT2D eigenvalue weighted by molar-refractivity contribution is 0.415. The molecule has 17 heavy (non-hydrogen) atoms. The lowest BCUT2D eigenvalue weighted by atomic mass is 10.2. The molecule has 88 valence electrons. The van der Waals surface area contributed by atoms with Gasteiger partial charge in [0.2, 0.25) is 0 Å². The van der Waals surface area contributed by atoms with Crippen LogP contribution in [-0.4, -0.2) is 30.0 Å². The number of methoxy groups -OCH3 is 1. The molecule has 0 fully saturated rings. The number of aliphatic imine (C=N–C) groups is 1. The average molecular weight is 230 g/mol. The summed E-state index contributed by atoms with van der Waals surface area (Å²) in [5, 5.41) is 10.7. The third-order valence-electron chi connectivity index (χ3n) is 2.48. The van der Waals surface area contributed by atoms with Gasteiger partial charge in [0.25, 0.3) is 0 Å². The number of rotatable bonds is 4. The van der Waals surface area contributed by atoms with Gasteiger partial charge in [-0.1, -0.05) is 6.08 Å². The number of nitrogens with one attached hydrogen (secondary N) is 1. The van der Waals surface area contributed by atoms with E-state index in [9.17, 15) is 5.11 Å². The molecule has 0 aliphatic heterocycles. The molecule has 2 aromatic rings. The van der Waals surface area contributed by atoms with E-state index in [2.05, 4.69) is 16.6 Å². The Morgan fingerprint density at radius 1 is 1.53 bits per heavy atom. The van der Waals surface area contributed by atoms with Gasteiger partial charge in [-0.25, -0.2) is 0 Å². The lowest BCUT2D eigenvalue weighted by Crippen LogP contribution is -1.84. The molecule has 0 aliphatic rings. The monoisotopic (exact) mass is 230 g/mol. The molecule has 4 nitrogen and oxygen atoms in total. The van der Waals surface area contributed by atoms with Crippen LogP contribution in [0.25, 0.3) is 10.9 Å². The summed E-state index contributed by atoms with van der Waals surface area (Å²) in [6, 6.07) is 5.56. The van der Waals surface area contributed by atoms with Crippen LogP contribution in [-0.2, 0) is 0 Å². The van der Waals surface area contributed by atoms with Gasteiger partial charge in [0.15, 0.2) is 5.88 Å². The maximum Gasteiger partial charge on any atom is 0.198 e. The molecular weight excluding hydrogens is 216 g/mol. The van der Waals surface area contributed by atoms with Crippen molar-refractivity contribution < 1.29 is 9.84 Å². The molecule has 0 bridgehead atoms. The van der Waals surface area contributed by atoms with Crippen LogP contribution < -0.4 is 4.74 Å². The Balaban J connectivity index is 2.52. The standard InChI is InChI=1S/C13H14N2O2/c1-3-6-14-8-11-10-7-9(17-2)4-5-12(10)15-13(11)16/h3-5,7-8,15-16H,1,6H2,2H3. The molecule has 0 aliphatic carbocycles. The summed E-state index contributed by atoms with van der Waals surface area (Å²) in [5.74, 6) is 0.857. The van der Waals surface area contributed by atoms with Crippen LogP contribution in [0, 0.1) is 0 Å². The van der Waals surface area contributed by atoms with Crippen LogP contribution in [0.1, 0.15) is 5.56 Å². The van der Waals surface area contributed by atoms with Crippen LogP contribution in [0.5, 0.6) is 11.6 Å². The molecular formula is C13H14N2O2. The predicted octanol–water partition coefficient (Wildman–Crippen LogP) is 2.49. The van der Waals surface area contributed by atoms with Crippen molar-refractivity contribution in [3.05, 3.63) is 36.4 Å². The van der Waals surface area contributed by atoms with Gasteiger partial charge in [-0.3, -0.25) is 4.99 Å². The second-order valence-electron chi connectivity index (χ2n) is 3.58. The first-order chi connectivity index (χ1) is 8.26. The van der Waals surface area contributed by atoms with E-state index >= 15 is 0 Å². The number of H-pyrrole nitrogens is 1. The van der Waals surface area contributed by atoms with Gasteiger partial charge in [0, 0.05) is 17.1 Å². The van der Waals surface area contributed by atoms with Gasteiger partial charge >= 0.3 is 0 Å². The zero-order valence-corrected chi connectivity index (χ0v) is 9.60. The van der Waals surface area contributed by atoms with Crippen molar-refractivity contribution >= 4 is 17.1 Å². The average Bonchev–Trinajstić information content (AvgIpc) is 2.65. The van der Waals surface area contributed by atoms with E-state index in [0.29, 0.717) is 12.1 Å². The van der Waals surface area contributed by atoms with Crippen molar-refractivity contribution in [3.8, 4) is 11.6 Å². The SMILES string of the molecule is C=CCN=Cc1c(O)[nH]c2ccc(OC)cc12. The number of benzene rings is 1. The zero-order valence-electron chi connectivity index (χ0n) is 9.60. The second kappa shape index (κ2) is 4.74. The third kappa shape index (κ3) is 2.15. The predicted molar refractivity (Wildman–Crippen MR) is 69.2 cm³/mol. The fourth-order valence-corrected chi connectivity index (χ4v) is 1.65. The highest BCUT2D eigenvalue weighted by Gasteiger charge is 2.09. The lowest BCUT2D eigenvalue weighted by Gasteiger charge is -1.99. The van der Waals surface area contributed by atoms with E-state index in [1.54, 1.807) is 19.4 Å². The van der Waals surface area contributed by atoms with Crippen LogP contribution >= 0.6 is 0 Å². The fourth-order valence-electron chi connectivity index (χ4n) is 1.65. The first kappa shape index (κ1) is 11.3. The first-order valence-corrected chi connectivity index (χ1v) is 5.25. The normalized spacial score (nSPS) is 11.1. The molecule has 0 spiro atoms. The maximum atomic E-state index is 9.78. The Kier molecular flexibility index (Phi) is 3.14.